The van der Waals surface area contributed by atoms with Crippen LogP contribution in [0.1, 0.15) is 5.56 Å². The van der Waals surface area contributed by atoms with Gasteiger partial charge in [-0.2, -0.15) is 0 Å². The second-order valence-electron chi connectivity index (χ2n) is 2.35. The Bertz CT molecular complexity index is 334. The van der Waals surface area contributed by atoms with Crippen LogP contribution in [0, 0.1) is 17.5 Å². The van der Waals surface area contributed by atoms with Crippen LogP contribution >= 0.6 is 11.6 Å². The third-order valence-electron chi connectivity index (χ3n) is 1.41. The van der Waals surface area contributed by atoms with Crippen LogP contribution in [0.2, 0.25) is 0 Å². The highest BCUT2D eigenvalue weighted by Gasteiger charge is 2.07. The Hall–Kier alpha value is -0.960. The quantitative estimate of drug-likeness (QED) is 0.514. The van der Waals surface area contributed by atoms with Crippen LogP contribution in [0.25, 0.3) is 6.08 Å². The number of alkyl halides is 1. The highest BCUT2D eigenvalue weighted by Crippen LogP contribution is 2.15. The molecule has 0 nitrogen and oxygen atoms in total. The molecule has 0 bridgehead atoms. The Kier molecular flexibility index (Phi) is 3.37. The van der Waals surface area contributed by atoms with Crippen molar-refractivity contribution in [2.75, 3.05) is 5.88 Å². The number of benzene rings is 1. The summed E-state index contributed by atoms with van der Waals surface area (Å²) in [5.74, 6) is -2.91. The van der Waals surface area contributed by atoms with E-state index in [1.165, 1.54) is 12.2 Å². The van der Waals surface area contributed by atoms with E-state index in [4.69, 9.17) is 11.6 Å². The summed E-state index contributed by atoms with van der Waals surface area (Å²) < 4.78 is 38.0. The van der Waals surface area contributed by atoms with Gasteiger partial charge in [-0.3, -0.25) is 0 Å². The Labute approximate surface area is 78.6 Å². The first-order valence-electron chi connectivity index (χ1n) is 3.52. The Morgan fingerprint density at radius 2 is 1.92 bits per heavy atom. The molecule has 0 aliphatic rings. The normalized spacial score (nSPS) is 11.1. The lowest BCUT2D eigenvalue weighted by Gasteiger charge is -1.98. The van der Waals surface area contributed by atoms with Gasteiger partial charge in [0.15, 0.2) is 11.6 Å². The van der Waals surface area contributed by atoms with E-state index in [0.29, 0.717) is 6.07 Å². The van der Waals surface area contributed by atoms with E-state index in [1.54, 1.807) is 0 Å². The van der Waals surface area contributed by atoms with Crippen LogP contribution in [-0.2, 0) is 0 Å². The van der Waals surface area contributed by atoms with E-state index >= 15 is 0 Å². The molecule has 70 valence electrons. The van der Waals surface area contributed by atoms with Crippen molar-refractivity contribution in [1.29, 1.82) is 0 Å². The van der Waals surface area contributed by atoms with Crippen molar-refractivity contribution in [3.8, 4) is 0 Å². The fourth-order valence-electron chi connectivity index (χ4n) is 0.869. The molecule has 13 heavy (non-hydrogen) atoms. The van der Waals surface area contributed by atoms with Crippen molar-refractivity contribution in [3.05, 3.63) is 41.2 Å². The molecule has 0 radical (unpaired) electrons. The van der Waals surface area contributed by atoms with Crippen LogP contribution in [0.4, 0.5) is 13.2 Å². The zero-order valence-electron chi connectivity index (χ0n) is 6.53. The minimum absolute atomic E-state index is 0.141. The summed E-state index contributed by atoms with van der Waals surface area (Å²) in [4.78, 5) is 0. The molecule has 0 fully saturated rings. The Morgan fingerprint density at radius 3 is 2.54 bits per heavy atom. The van der Waals surface area contributed by atoms with E-state index in [9.17, 15) is 13.2 Å². The van der Waals surface area contributed by atoms with Gasteiger partial charge in [-0.15, -0.1) is 11.6 Å². The van der Waals surface area contributed by atoms with E-state index in [1.807, 2.05) is 0 Å². The molecule has 0 aliphatic carbocycles. The first kappa shape index (κ1) is 10.1. The Morgan fingerprint density at radius 1 is 1.23 bits per heavy atom. The summed E-state index contributed by atoms with van der Waals surface area (Å²) in [5.41, 5.74) is -0.141. The summed E-state index contributed by atoms with van der Waals surface area (Å²) >= 11 is 5.29. The van der Waals surface area contributed by atoms with Gasteiger partial charge in [0.25, 0.3) is 0 Å². The smallest absolute Gasteiger partial charge is 0.166 e. The molecule has 0 aromatic heterocycles. The first-order valence-corrected chi connectivity index (χ1v) is 4.05. The molecule has 0 atom stereocenters. The molecule has 0 unspecified atom stereocenters. The van der Waals surface area contributed by atoms with Crippen LogP contribution in [0.15, 0.2) is 18.2 Å². The van der Waals surface area contributed by atoms with Crippen LogP contribution < -0.4 is 0 Å². The lowest BCUT2D eigenvalue weighted by Crippen LogP contribution is -1.90. The number of rotatable bonds is 2. The fourth-order valence-corrected chi connectivity index (χ4v) is 0.958. The molecule has 0 saturated carbocycles. The first-order chi connectivity index (χ1) is 6.15. The fraction of sp³-hybridized carbons (Fsp3) is 0.111. The molecule has 0 aliphatic heterocycles. The summed E-state index contributed by atoms with van der Waals surface area (Å²) in [5, 5.41) is 0. The van der Waals surface area contributed by atoms with Gasteiger partial charge in [0.05, 0.1) is 0 Å². The van der Waals surface area contributed by atoms with Crippen LogP contribution in [0.3, 0.4) is 0 Å². The second-order valence-corrected chi connectivity index (χ2v) is 2.66. The SMILES string of the molecule is Fc1cc(F)c(F)c(C=CCCl)c1. The standard InChI is InChI=1S/C9H6ClF3/c10-3-1-2-6-4-7(11)5-8(12)9(6)13/h1-2,4-5H,3H2. The van der Waals surface area contributed by atoms with E-state index in [-0.39, 0.29) is 11.4 Å². The molecular weight excluding hydrogens is 201 g/mol. The zero-order chi connectivity index (χ0) is 9.84. The van der Waals surface area contributed by atoms with Crippen molar-refractivity contribution < 1.29 is 13.2 Å². The van der Waals surface area contributed by atoms with Gasteiger partial charge in [-0.1, -0.05) is 12.2 Å². The highest BCUT2D eigenvalue weighted by molar-refractivity contribution is 6.19. The molecule has 0 saturated heterocycles. The lowest BCUT2D eigenvalue weighted by atomic mass is 10.2. The molecule has 1 aromatic carbocycles. The lowest BCUT2D eigenvalue weighted by molar-refractivity contribution is 0.493. The third kappa shape index (κ3) is 2.49. The maximum Gasteiger partial charge on any atom is 0.166 e. The molecule has 1 aromatic rings. The average molecular weight is 207 g/mol. The third-order valence-corrected chi connectivity index (χ3v) is 1.59. The number of allylic oxidation sites excluding steroid dienone is 1. The van der Waals surface area contributed by atoms with E-state index < -0.39 is 17.5 Å². The zero-order valence-corrected chi connectivity index (χ0v) is 7.28. The topological polar surface area (TPSA) is 0 Å². The predicted molar refractivity (Wildman–Crippen MR) is 46.1 cm³/mol. The van der Waals surface area contributed by atoms with Crippen molar-refractivity contribution in [3.63, 3.8) is 0 Å². The minimum Gasteiger partial charge on any atom is -0.207 e. The number of hydrogen-bond donors (Lipinski definition) is 0. The second kappa shape index (κ2) is 4.33. The van der Waals surface area contributed by atoms with E-state index in [0.717, 1.165) is 6.07 Å². The molecule has 1 rings (SSSR count). The maximum absolute atomic E-state index is 12.9. The molecule has 0 N–H and O–H groups in total. The summed E-state index contributed by atoms with van der Waals surface area (Å²) in [6.07, 6.45) is 2.63. The highest BCUT2D eigenvalue weighted by atomic mass is 35.5. The predicted octanol–water partition coefficient (Wildman–Crippen LogP) is 3.36. The van der Waals surface area contributed by atoms with Crippen molar-refractivity contribution in [2.45, 2.75) is 0 Å². The number of halogens is 4. The van der Waals surface area contributed by atoms with Crippen LogP contribution in [0.5, 0.6) is 0 Å². The van der Waals surface area contributed by atoms with Gasteiger partial charge >= 0.3 is 0 Å². The van der Waals surface area contributed by atoms with Gasteiger partial charge < -0.3 is 0 Å². The van der Waals surface area contributed by atoms with Gasteiger partial charge in [-0.05, 0) is 6.07 Å². The largest absolute Gasteiger partial charge is 0.207 e. The monoisotopic (exact) mass is 206 g/mol. The summed E-state index contributed by atoms with van der Waals surface area (Å²) in [6.45, 7) is 0. The van der Waals surface area contributed by atoms with Crippen molar-refractivity contribution >= 4 is 17.7 Å². The average Bonchev–Trinajstić information content (AvgIpc) is 2.09. The van der Waals surface area contributed by atoms with Crippen LogP contribution in [-0.4, -0.2) is 5.88 Å². The Balaban J connectivity index is 3.12. The van der Waals surface area contributed by atoms with Gasteiger partial charge in [0.2, 0.25) is 0 Å². The summed E-state index contributed by atoms with van der Waals surface area (Å²) in [7, 11) is 0. The molecule has 4 heteroatoms. The number of hydrogen-bond acceptors (Lipinski definition) is 0. The molecule has 0 spiro atoms. The molecule has 0 amide bonds. The van der Waals surface area contributed by atoms with Gasteiger partial charge in [0.1, 0.15) is 5.82 Å². The molecule has 0 heterocycles. The van der Waals surface area contributed by atoms with Gasteiger partial charge in [-0.25, -0.2) is 13.2 Å². The van der Waals surface area contributed by atoms with Crippen molar-refractivity contribution in [2.24, 2.45) is 0 Å². The van der Waals surface area contributed by atoms with Crippen molar-refractivity contribution in [1.82, 2.24) is 0 Å². The minimum atomic E-state index is -1.20. The molecular formula is C9H6ClF3. The summed E-state index contributed by atoms with van der Waals surface area (Å²) in [6, 6.07) is 1.40. The van der Waals surface area contributed by atoms with E-state index in [2.05, 4.69) is 0 Å². The maximum atomic E-state index is 12.9. The van der Waals surface area contributed by atoms with Gasteiger partial charge in [0, 0.05) is 17.5 Å².